The molecule has 2 aliphatic heterocycles. The van der Waals surface area contributed by atoms with Crippen LogP contribution < -0.4 is 15.4 Å². The summed E-state index contributed by atoms with van der Waals surface area (Å²) in [7, 11) is 0. The maximum Gasteiger partial charge on any atom is 0.122 e. The first-order valence-electron chi connectivity index (χ1n) is 7.60. The first kappa shape index (κ1) is 12.9. The standard InChI is InChI=1S/C16H24N2O/c1-4-15(12-17-8-1)18-9-7-13-5-6-16-14(11-13)3-2-10-19-16/h5-6,11,15,17-18H,1-4,7-10,12H2. The van der Waals surface area contributed by atoms with Gasteiger partial charge in [0.15, 0.2) is 0 Å². The molecule has 0 aliphatic carbocycles. The van der Waals surface area contributed by atoms with Crippen molar-refractivity contribution < 1.29 is 4.74 Å². The molecular weight excluding hydrogens is 236 g/mol. The van der Waals surface area contributed by atoms with Gasteiger partial charge in [-0.3, -0.25) is 0 Å². The van der Waals surface area contributed by atoms with Crippen LogP contribution in [0.2, 0.25) is 0 Å². The van der Waals surface area contributed by atoms with Crippen molar-refractivity contribution in [1.82, 2.24) is 10.6 Å². The molecule has 104 valence electrons. The molecule has 0 radical (unpaired) electrons. The van der Waals surface area contributed by atoms with E-state index in [1.54, 1.807) is 0 Å². The Morgan fingerprint density at radius 3 is 3.21 bits per heavy atom. The van der Waals surface area contributed by atoms with Crippen molar-refractivity contribution in [3.63, 3.8) is 0 Å². The van der Waals surface area contributed by atoms with Gasteiger partial charge in [-0.2, -0.15) is 0 Å². The minimum absolute atomic E-state index is 0.662. The van der Waals surface area contributed by atoms with Crippen LogP contribution >= 0.6 is 0 Å². The molecule has 3 rings (SSSR count). The highest BCUT2D eigenvalue weighted by Crippen LogP contribution is 2.25. The molecule has 0 aromatic heterocycles. The average Bonchev–Trinajstić information content (AvgIpc) is 2.48. The number of ether oxygens (including phenoxy) is 1. The summed E-state index contributed by atoms with van der Waals surface area (Å²) < 4.78 is 5.65. The van der Waals surface area contributed by atoms with E-state index in [4.69, 9.17) is 4.74 Å². The predicted octanol–water partition coefficient (Wildman–Crippen LogP) is 1.90. The molecule has 2 N–H and O–H groups in total. The summed E-state index contributed by atoms with van der Waals surface area (Å²) in [5.41, 5.74) is 2.82. The molecule has 2 aliphatic rings. The summed E-state index contributed by atoms with van der Waals surface area (Å²) in [6.07, 6.45) is 6.05. The fourth-order valence-corrected chi connectivity index (χ4v) is 3.02. The van der Waals surface area contributed by atoms with Crippen molar-refractivity contribution in [2.45, 2.75) is 38.1 Å². The number of hydrogen-bond donors (Lipinski definition) is 2. The largest absolute Gasteiger partial charge is 0.493 e. The van der Waals surface area contributed by atoms with Gasteiger partial charge in [0.1, 0.15) is 5.75 Å². The van der Waals surface area contributed by atoms with Gasteiger partial charge in [-0.1, -0.05) is 12.1 Å². The van der Waals surface area contributed by atoms with Gasteiger partial charge < -0.3 is 15.4 Å². The van der Waals surface area contributed by atoms with E-state index in [0.717, 1.165) is 38.3 Å². The van der Waals surface area contributed by atoms with Crippen LogP contribution in [0.5, 0.6) is 5.75 Å². The molecule has 0 amide bonds. The molecule has 0 spiro atoms. The number of rotatable bonds is 4. The van der Waals surface area contributed by atoms with E-state index >= 15 is 0 Å². The van der Waals surface area contributed by atoms with Crippen LogP contribution in [0.15, 0.2) is 18.2 Å². The summed E-state index contributed by atoms with van der Waals surface area (Å²) in [5, 5.41) is 7.10. The van der Waals surface area contributed by atoms with Gasteiger partial charge in [0, 0.05) is 12.6 Å². The molecule has 1 atom stereocenters. The zero-order valence-corrected chi connectivity index (χ0v) is 11.6. The van der Waals surface area contributed by atoms with Gasteiger partial charge in [0.05, 0.1) is 6.61 Å². The van der Waals surface area contributed by atoms with Crippen LogP contribution in [0, 0.1) is 0 Å². The number of piperidine rings is 1. The summed E-state index contributed by atoms with van der Waals surface area (Å²) in [4.78, 5) is 0. The van der Waals surface area contributed by atoms with Crippen molar-refractivity contribution in [1.29, 1.82) is 0 Å². The van der Waals surface area contributed by atoms with Crippen LogP contribution in [0.25, 0.3) is 0 Å². The monoisotopic (exact) mass is 260 g/mol. The average molecular weight is 260 g/mol. The number of fused-ring (bicyclic) bond motifs is 1. The molecule has 0 saturated carbocycles. The number of aryl methyl sites for hydroxylation is 1. The Morgan fingerprint density at radius 2 is 2.32 bits per heavy atom. The van der Waals surface area contributed by atoms with Crippen LogP contribution in [-0.4, -0.2) is 32.3 Å². The van der Waals surface area contributed by atoms with Gasteiger partial charge in [-0.05, 0) is 62.4 Å². The Hall–Kier alpha value is -1.06. The zero-order chi connectivity index (χ0) is 12.9. The summed E-state index contributed by atoms with van der Waals surface area (Å²) >= 11 is 0. The molecule has 19 heavy (non-hydrogen) atoms. The quantitative estimate of drug-likeness (QED) is 0.867. The molecule has 1 fully saturated rings. The van der Waals surface area contributed by atoms with Gasteiger partial charge in [0.25, 0.3) is 0 Å². The van der Waals surface area contributed by atoms with Crippen molar-refractivity contribution in [2.24, 2.45) is 0 Å². The van der Waals surface area contributed by atoms with E-state index in [1.165, 1.54) is 36.9 Å². The van der Waals surface area contributed by atoms with Crippen LogP contribution in [0.1, 0.15) is 30.4 Å². The van der Waals surface area contributed by atoms with Gasteiger partial charge in [-0.25, -0.2) is 0 Å². The highest BCUT2D eigenvalue weighted by molar-refractivity contribution is 5.38. The normalized spacial score (nSPS) is 22.6. The van der Waals surface area contributed by atoms with Crippen molar-refractivity contribution in [3.05, 3.63) is 29.3 Å². The SMILES string of the molecule is c1cc2c(cc1CCNC1CCCNC1)CCCO2. The molecule has 2 heterocycles. The van der Waals surface area contributed by atoms with Crippen molar-refractivity contribution >= 4 is 0 Å². The summed E-state index contributed by atoms with van der Waals surface area (Å²) in [6, 6.07) is 7.35. The molecule has 0 bridgehead atoms. The Balaban J connectivity index is 1.49. The fourth-order valence-electron chi connectivity index (χ4n) is 3.02. The summed E-state index contributed by atoms with van der Waals surface area (Å²) in [6.45, 7) is 4.26. The molecular formula is C16H24N2O. The lowest BCUT2D eigenvalue weighted by molar-refractivity contribution is 0.288. The maximum absolute atomic E-state index is 5.65. The topological polar surface area (TPSA) is 33.3 Å². The lowest BCUT2D eigenvalue weighted by Gasteiger charge is -2.24. The van der Waals surface area contributed by atoms with E-state index in [1.807, 2.05) is 0 Å². The van der Waals surface area contributed by atoms with E-state index in [-0.39, 0.29) is 0 Å². The van der Waals surface area contributed by atoms with E-state index in [2.05, 4.69) is 28.8 Å². The Bertz CT molecular complexity index is 413. The number of hydrogen-bond acceptors (Lipinski definition) is 3. The third-order valence-corrected chi connectivity index (χ3v) is 4.12. The molecule has 1 aromatic rings. The fraction of sp³-hybridized carbons (Fsp3) is 0.625. The summed E-state index contributed by atoms with van der Waals surface area (Å²) in [5.74, 6) is 1.10. The van der Waals surface area contributed by atoms with Crippen LogP contribution in [0.3, 0.4) is 0 Å². The second-order valence-corrected chi connectivity index (χ2v) is 5.64. The number of nitrogens with one attached hydrogen (secondary N) is 2. The Morgan fingerprint density at radius 1 is 1.32 bits per heavy atom. The number of benzene rings is 1. The zero-order valence-electron chi connectivity index (χ0n) is 11.6. The first-order valence-corrected chi connectivity index (χ1v) is 7.60. The molecule has 3 heteroatoms. The van der Waals surface area contributed by atoms with Gasteiger partial charge in [0.2, 0.25) is 0 Å². The second kappa shape index (κ2) is 6.40. The molecule has 1 saturated heterocycles. The minimum Gasteiger partial charge on any atom is -0.493 e. The van der Waals surface area contributed by atoms with Gasteiger partial charge >= 0.3 is 0 Å². The lowest BCUT2D eigenvalue weighted by atomic mass is 10.0. The Kier molecular flexibility index (Phi) is 4.36. The first-order chi connectivity index (χ1) is 9.42. The van der Waals surface area contributed by atoms with E-state index in [9.17, 15) is 0 Å². The van der Waals surface area contributed by atoms with Crippen molar-refractivity contribution in [2.75, 3.05) is 26.2 Å². The smallest absolute Gasteiger partial charge is 0.122 e. The third-order valence-electron chi connectivity index (χ3n) is 4.12. The van der Waals surface area contributed by atoms with Crippen molar-refractivity contribution in [3.8, 4) is 5.75 Å². The van der Waals surface area contributed by atoms with Crippen LogP contribution in [-0.2, 0) is 12.8 Å². The van der Waals surface area contributed by atoms with Crippen LogP contribution in [0.4, 0.5) is 0 Å². The second-order valence-electron chi connectivity index (χ2n) is 5.64. The predicted molar refractivity (Wildman–Crippen MR) is 77.9 cm³/mol. The van der Waals surface area contributed by atoms with E-state index < -0.39 is 0 Å². The highest BCUT2D eigenvalue weighted by atomic mass is 16.5. The van der Waals surface area contributed by atoms with E-state index in [0.29, 0.717) is 6.04 Å². The Labute approximate surface area is 115 Å². The molecule has 1 unspecified atom stereocenters. The maximum atomic E-state index is 5.65. The lowest BCUT2D eigenvalue weighted by Crippen LogP contribution is -2.43. The van der Waals surface area contributed by atoms with Gasteiger partial charge in [-0.15, -0.1) is 0 Å². The third kappa shape index (κ3) is 3.48. The molecule has 1 aromatic carbocycles. The highest BCUT2D eigenvalue weighted by Gasteiger charge is 2.12. The molecule has 3 nitrogen and oxygen atoms in total. The minimum atomic E-state index is 0.662.